The highest BCUT2D eigenvalue weighted by Crippen LogP contribution is 2.20. The molecule has 1 amide bonds. The van der Waals surface area contributed by atoms with Gasteiger partial charge in [-0.15, -0.1) is 0 Å². The zero-order valence-corrected chi connectivity index (χ0v) is 20.5. The Morgan fingerprint density at radius 3 is 2.18 bits per heavy atom. The minimum atomic E-state index is -1.32. The van der Waals surface area contributed by atoms with Crippen LogP contribution in [0.15, 0.2) is 30.3 Å². The fraction of sp³-hybridized carbons (Fsp3) is 0.731. The fourth-order valence-electron chi connectivity index (χ4n) is 4.21. The van der Waals surface area contributed by atoms with Crippen LogP contribution in [-0.2, 0) is 16.1 Å². The Morgan fingerprint density at radius 1 is 0.941 bits per heavy atom. The summed E-state index contributed by atoms with van der Waals surface area (Å²) in [5.74, 6) is 0. The van der Waals surface area contributed by atoms with Crippen molar-refractivity contribution >= 4 is 6.09 Å². The molecule has 0 bridgehead atoms. The van der Waals surface area contributed by atoms with Crippen LogP contribution in [0.1, 0.15) is 76.7 Å². The molecule has 1 fully saturated rings. The summed E-state index contributed by atoms with van der Waals surface area (Å²) in [5.41, 5.74) is 0.842. The molecule has 1 saturated heterocycles. The number of hydrogen-bond acceptors (Lipinski definition) is 7. The van der Waals surface area contributed by atoms with Crippen molar-refractivity contribution in [3.05, 3.63) is 35.9 Å². The second-order valence-electron chi connectivity index (χ2n) is 9.13. The van der Waals surface area contributed by atoms with Gasteiger partial charge < -0.3 is 30.1 Å². The number of carbonyl (C=O) groups excluding carboxylic acids is 1. The normalized spacial score (nSPS) is 24.6. The second-order valence-corrected chi connectivity index (χ2v) is 9.13. The number of carbonyl (C=O) groups is 1. The fourth-order valence-corrected chi connectivity index (χ4v) is 4.21. The van der Waals surface area contributed by atoms with E-state index in [1.54, 1.807) is 0 Å². The largest absolute Gasteiger partial charge is 0.445 e. The highest BCUT2D eigenvalue weighted by Gasteiger charge is 2.45. The van der Waals surface area contributed by atoms with Crippen LogP contribution in [0.4, 0.5) is 4.79 Å². The van der Waals surface area contributed by atoms with Crippen LogP contribution >= 0.6 is 0 Å². The molecule has 1 aliphatic rings. The number of benzene rings is 1. The molecule has 0 unspecified atom stereocenters. The van der Waals surface area contributed by atoms with Gasteiger partial charge in [0.05, 0.1) is 6.61 Å². The van der Waals surface area contributed by atoms with Gasteiger partial charge in [-0.25, -0.2) is 4.79 Å². The summed E-state index contributed by atoms with van der Waals surface area (Å²) in [6.07, 6.45) is 7.28. The highest BCUT2D eigenvalue weighted by atomic mass is 16.6. The van der Waals surface area contributed by atoms with Gasteiger partial charge in [0.2, 0.25) is 0 Å². The number of hydrogen-bond donors (Lipinski definition) is 5. The molecule has 0 aliphatic carbocycles. The molecular weight excluding hydrogens is 436 g/mol. The number of nitrogens with one attached hydrogen (secondary N) is 2. The minimum Gasteiger partial charge on any atom is -0.445 e. The van der Waals surface area contributed by atoms with E-state index >= 15 is 0 Å². The smallest absolute Gasteiger partial charge is 0.407 e. The summed E-state index contributed by atoms with van der Waals surface area (Å²) in [7, 11) is 0. The van der Waals surface area contributed by atoms with Crippen molar-refractivity contribution < 1.29 is 29.6 Å². The molecule has 0 spiro atoms. The van der Waals surface area contributed by atoms with Crippen molar-refractivity contribution in [1.82, 2.24) is 10.6 Å². The van der Waals surface area contributed by atoms with Gasteiger partial charge in [0.15, 0.2) is 0 Å². The van der Waals surface area contributed by atoms with Gasteiger partial charge in [-0.1, -0.05) is 95.0 Å². The lowest BCUT2D eigenvalue weighted by Crippen LogP contribution is -2.67. The van der Waals surface area contributed by atoms with E-state index in [-0.39, 0.29) is 6.61 Å². The SMILES string of the molecule is CCCCCCCCCCCCN[C@@H]1O[C@H](CO)[C@H](O)[C@H](O)[C@H]1NC(=O)OCc1ccccc1. The molecule has 1 aliphatic heterocycles. The van der Waals surface area contributed by atoms with Crippen LogP contribution in [-0.4, -0.2) is 65.1 Å². The molecule has 1 aromatic carbocycles. The number of unbranched alkanes of at least 4 members (excludes halogenated alkanes) is 9. The molecule has 34 heavy (non-hydrogen) atoms. The van der Waals surface area contributed by atoms with Crippen molar-refractivity contribution in [3.63, 3.8) is 0 Å². The third kappa shape index (κ3) is 10.3. The van der Waals surface area contributed by atoms with Crippen LogP contribution in [0.2, 0.25) is 0 Å². The molecule has 0 saturated carbocycles. The number of alkyl carbamates (subject to hydrolysis) is 1. The zero-order valence-electron chi connectivity index (χ0n) is 20.5. The monoisotopic (exact) mass is 480 g/mol. The predicted molar refractivity (Wildman–Crippen MR) is 131 cm³/mol. The summed E-state index contributed by atoms with van der Waals surface area (Å²) < 4.78 is 11.0. The Labute approximate surface area is 204 Å². The van der Waals surface area contributed by atoms with Gasteiger partial charge in [0.25, 0.3) is 0 Å². The van der Waals surface area contributed by atoms with E-state index < -0.39 is 43.3 Å². The minimum absolute atomic E-state index is 0.0921. The second kappa shape index (κ2) is 16.8. The van der Waals surface area contributed by atoms with Crippen molar-refractivity contribution in [3.8, 4) is 0 Å². The molecule has 0 radical (unpaired) electrons. The maximum Gasteiger partial charge on any atom is 0.407 e. The number of rotatable bonds is 16. The van der Waals surface area contributed by atoms with Gasteiger partial charge in [-0.05, 0) is 18.5 Å². The van der Waals surface area contributed by atoms with E-state index in [0.717, 1.165) is 18.4 Å². The van der Waals surface area contributed by atoms with Gasteiger partial charge in [-0.2, -0.15) is 0 Å². The summed E-state index contributed by atoms with van der Waals surface area (Å²) >= 11 is 0. The van der Waals surface area contributed by atoms with Crippen molar-refractivity contribution in [1.29, 1.82) is 0 Å². The van der Waals surface area contributed by atoms with Gasteiger partial charge in [0, 0.05) is 0 Å². The molecule has 8 nitrogen and oxygen atoms in total. The Kier molecular flexibility index (Phi) is 14.1. The van der Waals surface area contributed by atoms with E-state index in [2.05, 4.69) is 17.6 Å². The maximum atomic E-state index is 12.3. The first-order chi connectivity index (χ1) is 16.6. The van der Waals surface area contributed by atoms with Crippen LogP contribution in [0.3, 0.4) is 0 Å². The van der Waals surface area contributed by atoms with Crippen LogP contribution in [0.5, 0.6) is 0 Å². The Morgan fingerprint density at radius 2 is 1.56 bits per heavy atom. The number of ether oxygens (including phenoxy) is 2. The summed E-state index contributed by atoms with van der Waals surface area (Å²) in [6, 6.07) is 8.37. The lowest BCUT2D eigenvalue weighted by molar-refractivity contribution is -0.200. The first kappa shape index (κ1) is 28.5. The Balaban J connectivity index is 1.73. The average molecular weight is 481 g/mol. The average Bonchev–Trinajstić information content (AvgIpc) is 2.85. The van der Waals surface area contributed by atoms with Crippen molar-refractivity contribution in [2.75, 3.05) is 13.2 Å². The quantitative estimate of drug-likeness (QED) is 0.230. The topological polar surface area (TPSA) is 120 Å². The summed E-state index contributed by atoms with van der Waals surface area (Å²) in [5, 5.41) is 36.2. The predicted octanol–water partition coefficient (Wildman–Crippen LogP) is 3.23. The van der Waals surface area contributed by atoms with Crippen LogP contribution < -0.4 is 10.6 Å². The molecule has 1 aromatic rings. The van der Waals surface area contributed by atoms with Gasteiger partial charge in [-0.3, -0.25) is 5.32 Å². The van der Waals surface area contributed by atoms with E-state index in [1.807, 2.05) is 30.3 Å². The first-order valence-electron chi connectivity index (χ1n) is 12.9. The number of aliphatic hydroxyl groups is 3. The number of amides is 1. The summed E-state index contributed by atoms with van der Waals surface area (Å²) in [6.45, 7) is 2.53. The van der Waals surface area contributed by atoms with Crippen LogP contribution in [0.25, 0.3) is 0 Å². The van der Waals surface area contributed by atoms with E-state index in [1.165, 1.54) is 51.4 Å². The van der Waals surface area contributed by atoms with Gasteiger partial charge >= 0.3 is 6.09 Å². The molecule has 2 rings (SSSR count). The third-order valence-electron chi connectivity index (χ3n) is 6.30. The van der Waals surface area contributed by atoms with Crippen molar-refractivity contribution in [2.45, 2.75) is 108 Å². The van der Waals surface area contributed by atoms with E-state index in [9.17, 15) is 20.1 Å². The summed E-state index contributed by atoms with van der Waals surface area (Å²) in [4.78, 5) is 12.3. The molecule has 1 heterocycles. The Hall–Kier alpha value is -1.71. The molecule has 0 aromatic heterocycles. The lowest BCUT2D eigenvalue weighted by atomic mass is 9.96. The molecule has 194 valence electrons. The zero-order chi connectivity index (χ0) is 24.6. The van der Waals surface area contributed by atoms with E-state index in [0.29, 0.717) is 6.54 Å². The van der Waals surface area contributed by atoms with Crippen LogP contribution in [0, 0.1) is 0 Å². The molecule has 8 heteroatoms. The molecule has 5 N–H and O–H groups in total. The lowest BCUT2D eigenvalue weighted by Gasteiger charge is -2.42. The van der Waals surface area contributed by atoms with Crippen molar-refractivity contribution in [2.24, 2.45) is 0 Å². The first-order valence-corrected chi connectivity index (χ1v) is 12.9. The number of aliphatic hydroxyl groups excluding tert-OH is 3. The molecule has 5 atom stereocenters. The maximum absolute atomic E-state index is 12.3. The molecular formula is C26H44N2O6. The third-order valence-corrected chi connectivity index (χ3v) is 6.30. The standard InChI is InChI=1S/C26H44N2O6/c1-2-3-4-5-6-7-8-9-10-14-17-27-25-22(24(31)23(30)21(18-29)34-25)28-26(32)33-19-20-15-12-11-13-16-20/h11-13,15-16,21-25,27,29-31H,2-10,14,17-19H2,1H3,(H,28,32)/t21-,22-,23+,24-,25-/m1/s1. The highest BCUT2D eigenvalue weighted by molar-refractivity contribution is 5.67. The van der Waals surface area contributed by atoms with Gasteiger partial charge in [0.1, 0.15) is 37.2 Å². The Bertz CT molecular complexity index is 662. The van der Waals surface area contributed by atoms with E-state index in [4.69, 9.17) is 9.47 Å².